The van der Waals surface area contributed by atoms with E-state index < -0.39 is 0 Å². The van der Waals surface area contributed by atoms with Crippen molar-refractivity contribution in [3.05, 3.63) is 0 Å². The first-order chi connectivity index (χ1) is 9.09. The SMILES string of the molecule is CC(C)N1CCCC(N2CCNCC2C(N)=O)CC1. The van der Waals surface area contributed by atoms with Gasteiger partial charge in [-0.1, -0.05) is 0 Å². The first kappa shape index (κ1) is 14.8. The van der Waals surface area contributed by atoms with Crippen molar-refractivity contribution in [2.24, 2.45) is 5.73 Å². The summed E-state index contributed by atoms with van der Waals surface area (Å²) in [6.45, 7) is 9.46. The molecule has 0 aromatic heterocycles. The average molecular weight is 268 g/mol. The first-order valence-corrected chi connectivity index (χ1v) is 7.59. The van der Waals surface area contributed by atoms with Gasteiger partial charge in [0.15, 0.2) is 0 Å². The van der Waals surface area contributed by atoms with Gasteiger partial charge >= 0.3 is 0 Å². The molecule has 2 heterocycles. The number of likely N-dealkylation sites (tertiary alicyclic amines) is 1. The van der Waals surface area contributed by atoms with Crippen molar-refractivity contribution in [2.45, 2.75) is 51.2 Å². The maximum Gasteiger partial charge on any atom is 0.236 e. The maximum atomic E-state index is 11.6. The Balaban J connectivity index is 1.98. The molecule has 0 aromatic carbocycles. The van der Waals surface area contributed by atoms with Crippen molar-refractivity contribution in [3.8, 4) is 0 Å². The summed E-state index contributed by atoms with van der Waals surface area (Å²) in [7, 11) is 0. The van der Waals surface area contributed by atoms with Gasteiger partial charge < -0.3 is 16.0 Å². The lowest BCUT2D eigenvalue weighted by atomic mass is 10.0. The van der Waals surface area contributed by atoms with Crippen LogP contribution in [0.2, 0.25) is 0 Å². The first-order valence-electron chi connectivity index (χ1n) is 7.59. The Hall–Kier alpha value is -0.650. The van der Waals surface area contributed by atoms with E-state index in [2.05, 4.69) is 29.0 Å². The van der Waals surface area contributed by atoms with Crippen LogP contribution in [0, 0.1) is 0 Å². The zero-order chi connectivity index (χ0) is 13.8. The summed E-state index contributed by atoms with van der Waals surface area (Å²) in [6.07, 6.45) is 3.56. The zero-order valence-corrected chi connectivity index (χ0v) is 12.3. The molecule has 19 heavy (non-hydrogen) atoms. The number of nitrogens with two attached hydrogens (primary N) is 1. The van der Waals surface area contributed by atoms with Crippen molar-refractivity contribution in [1.82, 2.24) is 15.1 Å². The van der Waals surface area contributed by atoms with Gasteiger partial charge in [0.1, 0.15) is 6.04 Å². The van der Waals surface area contributed by atoms with Gasteiger partial charge in [0, 0.05) is 31.7 Å². The third-order valence-electron chi connectivity index (χ3n) is 4.54. The quantitative estimate of drug-likeness (QED) is 0.757. The van der Waals surface area contributed by atoms with E-state index in [0.717, 1.165) is 26.1 Å². The number of hydrogen-bond acceptors (Lipinski definition) is 4. The number of hydrogen-bond donors (Lipinski definition) is 2. The van der Waals surface area contributed by atoms with Gasteiger partial charge in [-0.3, -0.25) is 9.69 Å². The van der Waals surface area contributed by atoms with Crippen molar-refractivity contribution in [1.29, 1.82) is 0 Å². The minimum absolute atomic E-state index is 0.121. The fourth-order valence-corrected chi connectivity index (χ4v) is 3.37. The number of nitrogens with zero attached hydrogens (tertiary/aromatic N) is 2. The molecule has 0 aliphatic carbocycles. The summed E-state index contributed by atoms with van der Waals surface area (Å²) < 4.78 is 0. The Kier molecular flexibility index (Phi) is 5.19. The summed E-state index contributed by atoms with van der Waals surface area (Å²) in [5.41, 5.74) is 5.55. The molecule has 0 aromatic rings. The lowest BCUT2D eigenvalue weighted by molar-refractivity contribution is -0.125. The summed E-state index contributed by atoms with van der Waals surface area (Å²) in [4.78, 5) is 16.5. The van der Waals surface area contributed by atoms with Gasteiger partial charge in [-0.05, 0) is 46.2 Å². The van der Waals surface area contributed by atoms with E-state index in [1.807, 2.05) is 0 Å². The molecule has 2 rings (SSSR count). The van der Waals surface area contributed by atoms with Crippen LogP contribution in [0.15, 0.2) is 0 Å². The van der Waals surface area contributed by atoms with Gasteiger partial charge in [0.05, 0.1) is 0 Å². The molecule has 2 aliphatic rings. The Labute approximate surface area is 116 Å². The van der Waals surface area contributed by atoms with Crippen molar-refractivity contribution >= 4 is 5.91 Å². The predicted molar refractivity (Wildman–Crippen MR) is 76.9 cm³/mol. The monoisotopic (exact) mass is 268 g/mol. The number of carbonyl (C=O) groups is 1. The molecule has 2 atom stereocenters. The van der Waals surface area contributed by atoms with Crippen LogP contribution in [0.1, 0.15) is 33.1 Å². The minimum Gasteiger partial charge on any atom is -0.368 e. The van der Waals surface area contributed by atoms with Crippen LogP contribution in [-0.4, -0.2) is 66.6 Å². The lowest BCUT2D eigenvalue weighted by Gasteiger charge is -2.39. The van der Waals surface area contributed by atoms with Gasteiger partial charge in [-0.25, -0.2) is 0 Å². The zero-order valence-electron chi connectivity index (χ0n) is 12.3. The van der Waals surface area contributed by atoms with Crippen molar-refractivity contribution in [2.75, 3.05) is 32.7 Å². The standard InChI is InChI=1S/C14H28N4O/c1-11(2)17-7-3-4-12(5-8-17)18-9-6-16-10-13(18)14(15)19/h11-13,16H,3-10H2,1-2H3,(H2,15,19). The van der Waals surface area contributed by atoms with Crippen LogP contribution in [-0.2, 0) is 4.79 Å². The Morgan fingerprint density at radius 1 is 1.26 bits per heavy atom. The summed E-state index contributed by atoms with van der Waals surface area (Å²) >= 11 is 0. The third kappa shape index (κ3) is 3.68. The van der Waals surface area contributed by atoms with Gasteiger partial charge in [0.25, 0.3) is 0 Å². The summed E-state index contributed by atoms with van der Waals surface area (Å²) in [6, 6.07) is 1.02. The molecular formula is C14H28N4O. The van der Waals surface area contributed by atoms with E-state index in [1.165, 1.54) is 19.4 Å². The van der Waals surface area contributed by atoms with Crippen LogP contribution >= 0.6 is 0 Å². The largest absolute Gasteiger partial charge is 0.368 e. The molecule has 5 heteroatoms. The summed E-state index contributed by atoms with van der Waals surface area (Å²) in [5.74, 6) is -0.183. The highest BCUT2D eigenvalue weighted by molar-refractivity contribution is 5.80. The van der Waals surface area contributed by atoms with E-state index in [4.69, 9.17) is 5.73 Å². The molecule has 0 bridgehead atoms. The molecule has 0 spiro atoms. The molecule has 5 nitrogen and oxygen atoms in total. The highest BCUT2D eigenvalue weighted by atomic mass is 16.1. The second-order valence-corrected chi connectivity index (χ2v) is 6.07. The second-order valence-electron chi connectivity index (χ2n) is 6.07. The van der Waals surface area contributed by atoms with Crippen molar-refractivity contribution < 1.29 is 4.79 Å². The van der Waals surface area contributed by atoms with Crippen LogP contribution < -0.4 is 11.1 Å². The highest BCUT2D eigenvalue weighted by Crippen LogP contribution is 2.21. The topological polar surface area (TPSA) is 61.6 Å². The Morgan fingerprint density at radius 2 is 2.05 bits per heavy atom. The fraction of sp³-hybridized carbons (Fsp3) is 0.929. The Bertz CT molecular complexity index is 308. The minimum atomic E-state index is -0.183. The number of piperazine rings is 1. The smallest absolute Gasteiger partial charge is 0.236 e. The molecule has 0 saturated carbocycles. The van der Waals surface area contributed by atoms with Gasteiger partial charge in [0.2, 0.25) is 5.91 Å². The fourth-order valence-electron chi connectivity index (χ4n) is 3.37. The highest BCUT2D eigenvalue weighted by Gasteiger charge is 2.33. The van der Waals surface area contributed by atoms with Crippen LogP contribution in [0.5, 0.6) is 0 Å². The third-order valence-corrected chi connectivity index (χ3v) is 4.54. The van der Waals surface area contributed by atoms with Crippen LogP contribution in [0.25, 0.3) is 0 Å². The molecular weight excluding hydrogens is 240 g/mol. The normalized spacial score (nSPS) is 31.3. The molecule has 2 fully saturated rings. The number of amides is 1. The van der Waals surface area contributed by atoms with Crippen molar-refractivity contribution in [3.63, 3.8) is 0 Å². The molecule has 110 valence electrons. The number of rotatable bonds is 3. The summed E-state index contributed by atoms with van der Waals surface area (Å²) in [5, 5.41) is 3.27. The maximum absolute atomic E-state index is 11.6. The predicted octanol–water partition coefficient (Wildman–Crippen LogP) is 0.00840. The van der Waals surface area contributed by atoms with E-state index in [0.29, 0.717) is 18.6 Å². The van der Waals surface area contributed by atoms with Gasteiger partial charge in [-0.2, -0.15) is 0 Å². The molecule has 2 saturated heterocycles. The number of nitrogens with one attached hydrogen (secondary N) is 1. The number of primary amides is 1. The molecule has 2 unspecified atom stereocenters. The van der Waals surface area contributed by atoms with E-state index in [1.54, 1.807) is 0 Å². The molecule has 0 radical (unpaired) electrons. The second kappa shape index (κ2) is 6.68. The lowest BCUT2D eigenvalue weighted by Crippen LogP contribution is -2.60. The van der Waals surface area contributed by atoms with Crippen LogP contribution in [0.4, 0.5) is 0 Å². The van der Waals surface area contributed by atoms with E-state index in [9.17, 15) is 4.79 Å². The van der Waals surface area contributed by atoms with Crippen LogP contribution in [0.3, 0.4) is 0 Å². The van der Waals surface area contributed by atoms with E-state index >= 15 is 0 Å². The number of carbonyl (C=O) groups excluding carboxylic acids is 1. The molecule has 3 N–H and O–H groups in total. The van der Waals surface area contributed by atoms with Gasteiger partial charge in [-0.15, -0.1) is 0 Å². The molecule has 1 amide bonds. The average Bonchev–Trinajstić information content (AvgIpc) is 2.64. The van der Waals surface area contributed by atoms with E-state index in [-0.39, 0.29) is 11.9 Å². The molecule has 2 aliphatic heterocycles. The Morgan fingerprint density at radius 3 is 2.74 bits per heavy atom.